The van der Waals surface area contributed by atoms with Gasteiger partial charge in [-0.05, 0) is 120 Å². The number of nitrogens with one attached hydrogen (secondary N) is 1. The Morgan fingerprint density at radius 2 is 0.934 bits per heavy atom. The molecule has 488 valence electrons. The van der Waals surface area contributed by atoms with E-state index in [1.807, 2.05) is 25.7 Å². The molecule has 2 aliphatic heterocycles. The third kappa shape index (κ3) is 18.6. The van der Waals surface area contributed by atoms with Crippen LogP contribution in [-0.4, -0.2) is 106 Å². The van der Waals surface area contributed by atoms with E-state index in [9.17, 15) is 53.9 Å². The Morgan fingerprint density at radius 1 is 0.560 bits per heavy atom. The lowest BCUT2D eigenvalue weighted by Crippen LogP contribution is -2.26. The number of nitrogens with zero attached hydrogens (tertiary/aromatic N) is 9. The van der Waals surface area contributed by atoms with Gasteiger partial charge in [0.2, 0.25) is 0 Å². The van der Waals surface area contributed by atoms with Gasteiger partial charge in [-0.15, -0.1) is 39.1 Å². The van der Waals surface area contributed by atoms with E-state index in [-0.39, 0.29) is 37.9 Å². The Bertz CT molecular complexity index is 4140. The molecule has 0 saturated carbocycles. The Morgan fingerprint density at radius 3 is 1.29 bits per heavy atom. The molecular weight excluding hydrogens is 1340 g/mol. The van der Waals surface area contributed by atoms with Gasteiger partial charge in [0.1, 0.15) is 39.8 Å². The first-order valence-corrected chi connectivity index (χ1v) is 31.4. The highest BCUT2D eigenvalue weighted by Gasteiger charge is 2.36. The number of nitrogen functional groups attached to an aromatic ring is 1. The first-order valence-electron chi connectivity index (χ1n) is 27.6. The summed E-state index contributed by atoms with van der Waals surface area (Å²) >= 11 is 20.5. The molecule has 2 aliphatic rings. The van der Waals surface area contributed by atoms with E-state index in [0.717, 1.165) is 106 Å². The first kappa shape index (κ1) is 71.4. The van der Waals surface area contributed by atoms with E-state index in [2.05, 4.69) is 30.5 Å². The summed E-state index contributed by atoms with van der Waals surface area (Å²) in [4.78, 5) is 53.2. The minimum Gasteiger partial charge on any atom is -0.482 e. The molecule has 2 fully saturated rings. The van der Waals surface area contributed by atoms with Gasteiger partial charge in [0.25, 0.3) is 23.2 Å². The predicted molar refractivity (Wildman–Crippen MR) is 339 cm³/mol. The van der Waals surface area contributed by atoms with Crippen molar-refractivity contribution in [2.24, 2.45) is 10.2 Å². The van der Waals surface area contributed by atoms with Gasteiger partial charge in [-0.1, -0.05) is 53.0 Å². The number of halogens is 12. The molecule has 91 heavy (non-hydrogen) atoms. The van der Waals surface area contributed by atoms with Gasteiger partial charge in [0, 0.05) is 65.7 Å². The van der Waals surface area contributed by atoms with E-state index in [4.69, 9.17) is 59.6 Å². The van der Waals surface area contributed by atoms with Crippen LogP contribution >= 0.6 is 68.8 Å². The Labute approximate surface area is 539 Å². The molecule has 0 amide bonds. The van der Waals surface area contributed by atoms with Crippen molar-refractivity contribution in [3.05, 3.63) is 153 Å². The number of nitrogens with two attached hydrogens (primary N) is 1. The molecule has 0 radical (unpaired) electrons. The van der Waals surface area contributed by atoms with Gasteiger partial charge in [0.05, 0.1) is 54.5 Å². The summed E-state index contributed by atoms with van der Waals surface area (Å²) < 4.78 is 141. The van der Waals surface area contributed by atoms with Crippen molar-refractivity contribution in [3.63, 3.8) is 0 Å². The third-order valence-corrected chi connectivity index (χ3v) is 16.6. The SMILES string of the molecule is C1CCNC1.CCO/C=N/n1cnc2scc(-c3ccc(Cl)c(C(F)(F)F)c3)c2c1=O.CCOC(OCC)OCC.Nn1cnc2scc(-c3ccc(Cl)c(C(F)(F)F)c3)c2c1=O.O=c1c2c(-c3ccc(Cl)c(C(F)(F)F)c3)csc2ncn1/N=C/N1CCCC1. The minimum atomic E-state index is -4.60. The molecule has 8 heterocycles. The highest BCUT2D eigenvalue weighted by Crippen LogP contribution is 2.42. The largest absolute Gasteiger partial charge is 0.482 e. The zero-order valence-electron chi connectivity index (χ0n) is 48.6. The van der Waals surface area contributed by atoms with Gasteiger partial charge >= 0.3 is 18.5 Å². The summed E-state index contributed by atoms with van der Waals surface area (Å²) in [6, 6.07) is 10.6. The van der Waals surface area contributed by atoms with Crippen LogP contribution in [0.5, 0.6) is 0 Å². The number of ether oxygens (including phenoxy) is 4. The van der Waals surface area contributed by atoms with E-state index in [1.165, 1.54) is 74.2 Å². The molecule has 33 heteroatoms. The normalized spacial score (nSPS) is 13.6. The van der Waals surface area contributed by atoms with Crippen LogP contribution in [0.1, 0.15) is 70.1 Å². The number of hydrogen-bond donors (Lipinski definition) is 2. The Balaban J connectivity index is 0.000000175. The van der Waals surface area contributed by atoms with E-state index in [0.29, 0.717) is 57.6 Å². The van der Waals surface area contributed by atoms with Gasteiger partial charge in [-0.3, -0.25) is 14.4 Å². The summed E-state index contributed by atoms with van der Waals surface area (Å²) in [5, 5.41) is 15.4. The molecule has 0 bridgehead atoms. The third-order valence-electron chi connectivity index (χ3n) is 13.0. The number of likely N-dealkylation sites (tertiary alicyclic amines) is 1. The number of fused-ring (bicyclic) bond motifs is 3. The Hall–Kier alpha value is -7.00. The molecule has 3 aromatic carbocycles. The molecule has 3 N–H and O–H groups in total. The summed E-state index contributed by atoms with van der Waals surface area (Å²) in [5.41, 5.74) is -2.55. The molecule has 2 saturated heterocycles. The predicted octanol–water partition coefficient (Wildman–Crippen LogP) is 14.6. The topological polar surface area (TPSA) is 208 Å². The van der Waals surface area contributed by atoms with Gasteiger partial charge in [0.15, 0.2) is 6.40 Å². The molecule has 9 aromatic rings. The minimum absolute atomic E-state index is 0.182. The maximum Gasteiger partial charge on any atom is 0.417 e. The summed E-state index contributed by atoms with van der Waals surface area (Å²) in [7, 11) is 0. The second-order valence-corrected chi connectivity index (χ2v) is 22.9. The zero-order valence-corrected chi connectivity index (χ0v) is 53.3. The second-order valence-electron chi connectivity index (χ2n) is 19.1. The van der Waals surface area contributed by atoms with Crippen molar-refractivity contribution in [3.8, 4) is 33.4 Å². The zero-order chi connectivity index (χ0) is 66.2. The first-order chi connectivity index (χ1) is 43.3. The lowest BCUT2D eigenvalue weighted by Gasteiger charge is -2.15. The van der Waals surface area contributed by atoms with Crippen LogP contribution < -0.4 is 27.8 Å². The van der Waals surface area contributed by atoms with Crippen molar-refractivity contribution in [2.75, 3.05) is 58.4 Å². The standard InChI is InChI=1S/C18H14ClF3N4OS.C16H11ClF3N3O2S.C13H7ClF3N3OS.C7H16O3.C4H9N/c19-14-4-3-11(7-13(14)18(20,21)22)12-8-28-16-15(12)17(27)26(9-23-16)24-10-25-5-1-2-6-25;1-2-25-8-22-23-7-21-14-13(15(23)24)10(6-26-14)9-3-4-12(17)11(5-9)16(18,19)20;14-9-2-1-6(3-8(9)13(15,16)17)7-4-22-11-10(7)12(21)20(18)5-19-11;1-4-8-7(9-5-2)10-6-3;1-2-4-5-3-1/h3-4,7-10H,1-2,5-6H2;3-8H,2H2,1H3;1-5H,18H2;7H,4-6H2,1-3H3;5H,1-4H2/b24-10+;22-8+;;;. The fourth-order valence-corrected chi connectivity index (χ4v) is 12.0. The average Bonchev–Trinajstić information content (AvgIpc) is 2.05. The fraction of sp³-hybridized carbons (Fsp3) is 0.345. The molecule has 0 unspecified atom stereocenters. The van der Waals surface area contributed by atoms with Crippen LogP contribution in [0.15, 0.2) is 114 Å². The lowest BCUT2D eigenvalue weighted by atomic mass is 10.0. The molecule has 18 nitrogen and oxygen atoms in total. The van der Waals surface area contributed by atoms with Crippen molar-refractivity contribution in [2.45, 2.75) is 78.4 Å². The summed E-state index contributed by atoms with van der Waals surface area (Å²) in [6.45, 7) is 13.5. The van der Waals surface area contributed by atoms with Crippen molar-refractivity contribution >= 4 is 112 Å². The fourth-order valence-electron chi connectivity index (χ4n) is 8.65. The van der Waals surface area contributed by atoms with Crippen LogP contribution in [0.4, 0.5) is 39.5 Å². The number of alkyl halides is 9. The van der Waals surface area contributed by atoms with Crippen molar-refractivity contribution in [1.82, 2.24) is 39.2 Å². The Kier molecular flexibility index (Phi) is 25.5. The lowest BCUT2D eigenvalue weighted by molar-refractivity contribution is -0.282. The summed E-state index contributed by atoms with van der Waals surface area (Å²) in [6.07, 6.45) is -2.43. The van der Waals surface area contributed by atoms with Crippen LogP contribution in [0.2, 0.25) is 15.1 Å². The number of hydrogen-bond acceptors (Lipinski definition) is 17. The second kappa shape index (κ2) is 32.5. The van der Waals surface area contributed by atoms with E-state index in [1.54, 1.807) is 29.4 Å². The molecule has 11 rings (SSSR count). The van der Waals surface area contributed by atoms with Crippen LogP contribution in [0.3, 0.4) is 0 Å². The molecule has 0 spiro atoms. The number of benzene rings is 3. The number of aromatic nitrogens is 6. The van der Waals surface area contributed by atoms with Crippen LogP contribution in [0.25, 0.3) is 64.0 Å². The molecular formula is C58H57Cl3F9N11O7S3. The van der Waals surface area contributed by atoms with Gasteiger partial charge in [-0.25, -0.2) is 19.6 Å². The van der Waals surface area contributed by atoms with Crippen molar-refractivity contribution in [1.29, 1.82) is 0 Å². The highest BCUT2D eigenvalue weighted by molar-refractivity contribution is 7.18. The molecule has 0 atom stereocenters. The van der Waals surface area contributed by atoms with Crippen molar-refractivity contribution < 1.29 is 58.5 Å². The maximum absolute atomic E-state index is 13.2. The monoisotopic (exact) mass is 1390 g/mol. The number of thiophene rings is 3. The van der Waals surface area contributed by atoms with Crippen LogP contribution in [0, 0.1) is 0 Å². The van der Waals surface area contributed by atoms with E-state index >= 15 is 0 Å². The van der Waals surface area contributed by atoms with E-state index < -0.39 is 68.4 Å². The van der Waals surface area contributed by atoms with Crippen LogP contribution in [-0.2, 0) is 37.5 Å². The molecule has 0 aliphatic carbocycles. The molecule has 6 aromatic heterocycles. The van der Waals surface area contributed by atoms with Gasteiger partial charge in [-0.2, -0.15) is 54.0 Å². The number of rotatable bonds is 14. The quantitative estimate of drug-likeness (QED) is 0.0342. The maximum atomic E-state index is 13.2. The summed E-state index contributed by atoms with van der Waals surface area (Å²) in [5.74, 6) is 5.46. The smallest absolute Gasteiger partial charge is 0.417 e. The average molecular weight is 1390 g/mol. The van der Waals surface area contributed by atoms with Gasteiger partial charge < -0.3 is 35.0 Å². The highest BCUT2D eigenvalue weighted by atomic mass is 35.5.